The molecule has 4 nitrogen and oxygen atoms in total. The first-order chi connectivity index (χ1) is 7.16. The van der Waals surface area contributed by atoms with Crippen LogP contribution in [0.25, 0.3) is 6.08 Å². The van der Waals surface area contributed by atoms with Gasteiger partial charge in [0.05, 0.1) is 4.92 Å². The summed E-state index contributed by atoms with van der Waals surface area (Å²) in [4.78, 5) is 12.5. The molecule has 1 fully saturated rings. The average Bonchev–Trinajstić information content (AvgIpc) is 2.26. The van der Waals surface area contributed by atoms with E-state index >= 15 is 0 Å². The van der Waals surface area contributed by atoms with E-state index in [1.54, 1.807) is 12.1 Å². The number of rotatable bonds is 1. The molecular formula is C11H10N2O2. The third kappa shape index (κ3) is 1.02. The summed E-state index contributed by atoms with van der Waals surface area (Å²) in [7, 11) is 0. The standard InChI is InChI=1S/C11H10N2O2/c1-7-9-4-8-5-10(13(14)15)2-3-11(8)12(7)6-9/h2-5,7H,6H2,1H3. The molecule has 3 heterocycles. The van der Waals surface area contributed by atoms with Crippen molar-refractivity contribution in [2.75, 3.05) is 11.4 Å². The van der Waals surface area contributed by atoms with E-state index in [1.807, 2.05) is 6.07 Å². The molecule has 0 N–H and O–H groups in total. The van der Waals surface area contributed by atoms with E-state index in [2.05, 4.69) is 17.9 Å². The quantitative estimate of drug-likeness (QED) is 0.518. The molecule has 0 saturated carbocycles. The molecule has 1 aromatic carbocycles. The van der Waals surface area contributed by atoms with Crippen LogP contribution >= 0.6 is 0 Å². The van der Waals surface area contributed by atoms with E-state index in [0.29, 0.717) is 6.04 Å². The summed E-state index contributed by atoms with van der Waals surface area (Å²) in [6.45, 7) is 3.13. The number of nitro groups is 1. The molecule has 4 rings (SSSR count). The highest BCUT2D eigenvalue weighted by Gasteiger charge is 2.35. The van der Waals surface area contributed by atoms with E-state index in [0.717, 1.165) is 17.8 Å². The van der Waals surface area contributed by atoms with E-state index < -0.39 is 0 Å². The zero-order valence-corrected chi connectivity index (χ0v) is 8.30. The molecule has 15 heavy (non-hydrogen) atoms. The Hall–Kier alpha value is -1.84. The second-order valence-electron chi connectivity index (χ2n) is 4.02. The SMILES string of the molecule is CC1C2=Cc3cc([N+](=O)[O-])ccc3N1C2. The first-order valence-corrected chi connectivity index (χ1v) is 4.92. The van der Waals surface area contributed by atoms with Crippen molar-refractivity contribution in [1.29, 1.82) is 0 Å². The zero-order valence-electron chi connectivity index (χ0n) is 8.30. The van der Waals surface area contributed by atoms with Crippen molar-refractivity contribution < 1.29 is 4.92 Å². The van der Waals surface area contributed by atoms with Crippen LogP contribution in [0.2, 0.25) is 0 Å². The van der Waals surface area contributed by atoms with Gasteiger partial charge in [0.25, 0.3) is 5.69 Å². The normalized spacial score (nSPS) is 21.5. The maximum atomic E-state index is 10.6. The lowest BCUT2D eigenvalue weighted by atomic mass is 9.88. The van der Waals surface area contributed by atoms with E-state index in [1.165, 1.54) is 5.57 Å². The number of benzene rings is 1. The Bertz CT molecular complexity index is 493. The second-order valence-corrected chi connectivity index (χ2v) is 4.02. The van der Waals surface area contributed by atoms with Gasteiger partial charge in [-0.3, -0.25) is 10.1 Å². The van der Waals surface area contributed by atoms with Crippen molar-refractivity contribution in [1.82, 2.24) is 0 Å². The van der Waals surface area contributed by atoms with Crippen LogP contribution in [0, 0.1) is 10.1 Å². The van der Waals surface area contributed by atoms with Crippen LogP contribution in [0.4, 0.5) is 11.4 Å². The highest BCUT2D eigenvalue weighted by molar-refractivity contribution is 5.81. The molecule has 0 aliphatic carbocycles. The summed E-state index contributed by atoms with van der Waals surface area (Å²) >= 11 is 0. The third-order valence-corrected chi connectivity index (χ3v) is 3.23. The molecule has 2 bridgehead atoms. The number of non-ortho nitro benzene ring substituents is 1. The molecule has 76 valence electrons. The molecular weight excluding hydrogens is 192 g/mol. The maximum absolute atomic E-state index is 10.6. The molecule has 1 saturated heterocycles. The van der Waals surface area contributed by atoms with Gasteiger partial charge >= 0.3 is 0 Å². The fourth-order valence-corrected chi connectivity index (χ4v) is 2.25. The Morgan fingerprint density at radius 2 is 2.33 bits per heavy atom. The fourth-order valence-electron chi connectivity index (χ4n) is 2.25. The molecule has 0 aromatic heterocycles. The number of anilines is 1. The van der Waals surface area contributed by atoms with Crippen molar-refractivity contribution in [2.45, 2.75) is 13.0 Å². The molecule has 1 atom stereocenters. The van der Waals surface area contributed by atoms with Crippen molar-refractivity contribution in [3.05, 3.63) is 39.4 Å². The topological polar surface area (TPSA) is 46.4 Å². The second kappa shape index (κ2) is 2.59. The molecule has 4 heteroatoms. The van der Waals surface area contributed by atoms with Gasteiger partial charge < -0.3 is 4.90 Å². The largest absolute Gasteiger partial charge is 0.360 e. The summed E-state index contributed by atoms with van der Waals surface area (Å²) < 4.78 is 0. The van der Waals surface area contributed by atoms with Crippen LogP contribution in [0.15, 0.2) is 23.8 Å². The molecule has 0 amide bonds. The minimum atomic E-state index is -0.349. The summed E-state index contributed by atoms with van der Waals surface area (Å²) in [6.07, 6.45) is 2.08. The number of nitro benzene ring substituents is 1. The van der Waals surface area contributed by atoms with Gasteiger partial charge in [0.15, 0.2) is 0 Å². The van der Waals surface area contributed by atoms with Gasteiger partial charge in [0.1, 0.15) is 0 Å². The number of hydrogen-bond donors (Lipinski definition) is 0. The minimum absolute atomic E-state index is 0.167. The van der Waals surface area contributed by atoms with Crippen molar-refractivity contribution in [2.24, 2.45) is 0 Å². The molecule has 1 aromatic rings. The van der Waals surface area contributed by atoms with Crippen LogP contribution in [-0.2, 0) is 0 Å². The lowest BCUT2D eigenvalue weighted by Gasteiger charge is -2.47. The van der Waals surface area contributed by atoms with Crippen LogP contribution in [0.1, 0.15) is 12.5 Å². The Morgan fingerprint density at radius 3 is 3.00 bits per heavy atom. The molecule has 3 aliphatic heterocycles. The summed E-state index contributed by atoms with van der Waals surface area (Å²) in [6, 6.07) is 5.53. The van der Waals surface area contributed by atoms with Gasteiger partial charge in [-0.25, -0.2) is 0 Å². The molecule has 3 aliphatic rings. The van der Waals surface area contributed by atoms with Gasteiger partial charge in [-0.1, -0.05) is 0 Å². The zero-order chi connectivity index (χ0) is 10.6. The lowest BCUT2D eigenvalue weighted by Crippen LogP contribution is -2.50. The lowest BCUT2D eigenvalue weighted by molar-refractivity contribution is -0.384. The van der Waals surface area contributed by atoms with E-state index in [-0.39, 0.29) is 10.6 Å². The highest BCUT2D eigenvalue weighted by Crippen LogP contribution is 2.41. The van der Waals surface area contributed by atoms with Crippen LogP contribution in [-0.4, -0.2) is 17.5 Å². The van der Waals surface area contributed by atoms with E-state index in [9.17, 15) is 10.1 Å². The predicted molar refractivity (Wildman–Crippen MR) is 57.9 cm³/mol. The first-order valence-electron chi connectivity index (χ1n) is 4.92. The first kappa shape index (κ1) is 8.47. The Kier molecular flexibility index (Phi) is 1.46. The van der Waals surface area contributed by atoms with Gasteiger partial charge in [-0.15, -0.1) is 0 Å². The highest BCUT2D eigenvalue weighted by atomic mass is 16.6. The van der Waals surface area contributed by atoms with Gasteiger partial charge in [-0.2, -0.15) is 0 Å². The summed E-state index contributed by atoms with van der Waals surface area (Å²) in [5.41, 5.74) is 3.62. The third-order valence-electron chi connectivity index (χ3n) is 3.23. The monoisotopic (exact) mass is 202 g/mol. The van der Waals surface area contributed by atoms with Gasteiger partial charge in [0.2, 0.25) is 0 Å². The molecule has 1 unspecified atom stereocenters. The summed E-state index contributed by atoms with van der Waals surface area (Å²) in [5, 5.41) is 10.6. The Labute approximate surface area is 87.0 Å². The summed E-state index contributed by atoms with van der Waals surface area (Å²) in [5.74, 6) is 0. The Morgan fingerprint density at radius 1 is 1.53 bits per heavy atom. The average molecular weight is 202 g/mol. The van der Waals surface area contributed by atoms with Crippen LogP contribution in [0.3, 0.4) is 0 Å². The predicted octanol–water partition coefficient (Wildman–Crippen LogP) is 2.20. The van der Waals surface area contributed by atoms with Crippen molar-refractivity contribution >= 4 is 17.5 Å². The minimum Gasteiger partial charge on any atom is -0.360 e. The van der Waals surface area contributed by atoms with Gasteiger partial charge in [-0.05, 0) is 24.6 Å². The molecule has 0 radical (unpaired) electrons. The van der Waals surface area contributed by atoms with Crippen molar-refractivity contribution in [3.63, 3.8) is 0 Å². The number of nitrogens with zero attached hydrogens (tertiary/aromatic N) is 2. The van der Waals surface area contributed by atoms with Crippen molar-refractivity contribution in [3.8, 4) is 0 Å². The van der Waals surface area contributed by atoms with E-state index in [4.69, 9.17) is 0 Å². The fraction of sp³-hybridized carbons (Fsp3) is 0.273. The van der Waals surface area contributed by atoms with Gasteiger partial charge in [0, 0.05) is 36.0 Å². The smallest absolute Gasteiger partial charge is 0.270 e. The van der Waals surface area contributed by atoms with Crippen LogP contribution in [0.5, 0.6) is 0 Å². The maximum Gasteiger partial charge on any atom is 0.270 e. The number of hydrogen-bond acceptors (Lipinski definition) is 3. The van der Waals surface area contributed by atoms with Crippen LogP contribution < -0.4 is 4.90 Å². The molecule has 0 spiro atoms. The Balaban J connectivity index is 2.12.